The van der Waals surface area contributed by atoms with Crippen molar-refractivity contribution in [2.45, 2.75) is 26.8 Å². The Kier molecular flexibility index (Phi) is 5.42. The number of hydrogen-bond donors (Lipinski definition) is 0. The van der Waals surface area contributed by atoms with Gasteiger partial charge in [0.2, 0.25) is 0 Å². The molecule has 0 radical (unpaired) electrons. The Morgan fingerprint density at radius 3 is 2.90 bits per heavy atom. The van der Waals surface area contributed by atoms with E-state index in [1.165, 1.54) is 0 Å². The highest BCUT2D eigenvalue weighted by atomic mass is 79.9. The molecule has 0 aliphatic heterocycles. The van der Waals surface area contributed by atoms with Crippen LogP contribution < -0.4 is 4.74 Å². The monoisotopic (exact) mass is 370 g/mol. The van der Waals surface area contributed by atoms with E-state index in [1.54, 1.807) is 24.3 Å². The lowest BCUT2D eigenvalue weighted by molar-refractivity contribution is -0.120. The third-order valence-electron chi connectivity index (χ3n) is 3.01. The maximum atomic E-state index is 12.1. The van der Waals surface area contributed by atoms with E-state index in [9.17, 15) is 4.79 Å². The van der Waals surface area contributed by atoms with Crippen LogP contribution in [0.1, 0.15) is 18.3 Å². The lowest BCUT2D eigenvalue weighted by atomic mass is 10.2. The molecule has 112 valence electrons. The van der Waals surface area contributed by atoms with Gasteiger partial charge in [-0.05, 0) is 48.0 Å². The number of carbonyl (C=O) groups excluding carboxylic acids is 1. The summed E-state index contributed by atoms with van der Waals surface area (Å²) < 4.78 is 8.18. The minimum Gasteiger partial charge on any atom is -0.486 e. The van der Waals surface area contributed by atoms with Crippen molar-refractivity contribution >= 4 is 33.3 Å². The molecule has 0 saturated heterocycles. The van der Waals surface area contributed by atoms with Crippen LogP contribution in [-0.4, -0.2) is 22.2 Å². The van der Waals surface area contributed by atoms with Gasteiger partial charge in [-0.25, -0.2) is 0 Å². The number of rotatable bonds is 6. The molecule has 1 aromatic heterocycles. The standard InChI is InChI=1S/C15H16BrClN2O2/c1-3-19-14(15(16)10(2)18-19)8-12(20)9-21-13-6-4-5-11(17)7-13/h4-7H,3,8-9H2,1-2H3. The predicted octanol–water partition coefficient (Wildman–Crippen LogP) is 3.82. The fourth-order valence-electron chi connectivity index (χ4n) is 2.00. The van der Waals surface area contributed by atoms with Gasteiger partial charge in [-0.15, -0.1) is 0 Å². The van der Waals surface area contributed by atoms with Gasteiger partial charge in [0, 0.05) is 11.6 Å². The van der Waals surface area contributed by atoms with Gasteiger partial charge in [0.05, 0.1) is 22.3 Å². The zero-order valence-corrected chi connectivity index (χ0v) is 14.2. The highest BCUT2D eigenvalue weighted by Crippen LogP contribution is 2.22. The average Bonchev–Trinajstić information content (AvgIpc) is 2.73. The van der Waals surface area contributed by atoms with Crippen LogP contribution in [-0.2, 0) is 17.8 Å². The smallest absolute Gasteiger partial charge is 0.176 e. The van der Waals surface area contributed by atoms with E-state index in [2.05, 4.69) is 21.0 Å². The maximum Gasteiger partial charge on any atom is 0.176 e. The minimum atomic E-state index is -0.00900. The van der Waals surface area contributed by atoms with Gasteiger partial charge >= 0.3 is 0 Å². The number of carbonyl (C=O) groups is 1. The molecule has 0 bridgehead atoms. The quantitative estimate of drug-likeness (QED) is 0.775. The molecule has 21 heavy (non-hydrogen) atoms. The highest BCUT2D eigenvalue weighted by Gasteiger charge is 2.16. The summed E-state index contributed by atoms with van der Waals surface area (Å²) in [5.41, 5.74) is 1.77. The number of ether oxygens (including phenoxy) is 1. The van der Waals surface area contributed by atoms with Crippen LogP contribution in [0.2, 0.25) is 5.02 Å². The van der Waals surface area contributed by atoms with E-state index in [1.807, 2.05) is 18.5 Å². The van der Waals surface area contributed by atoms with E-state index in [4.69, 9.17) is 16.3 Å². The topological polar surface area (TPSA) is 44.1 Å². The van der Waals surface area contributed by atoms with Crippen LogP contribution in [0.4, 0.5) is 0 Å². The highest BCUT2D eigenvalue weighted by molar-refractivity contribution is 9.10. The summed E-state index contributed by atoms with van der Waals surface area (Å²) in [6.07, 6.45) is 0.288. The van der Waals surface area contributed by atoms with Crippen LogP contribution in [0.25, 0.3) is 0 Å². The van der Waals surface area contributed by atoms with E-state index < -0.39 is 0 Å². The number of Topliss-reactive ketones (excluding diaryl/α,β-unsaturated/α-hetero) is 1. The van der Waals surface area contributed by atoms with Crippen molar-refractivity contribution in [3.8, 4) is 5.75 Å². The maximum absolute atomic E-state index is 12.1. The Morgan fingerprint density at radius 2 is 2.24 bits per heavy atom. The molecule has 0 aliphatic carbocycles. The average molecular weight is 372 g/mol. The van der Waals surface area contributed by atoms with Crippen LogP contribution in [0.15, 0.2) is 28.7 Å². The van der Waals surface area contributed by atoms with Crippen molar-refractivity contribution in [3.63, 3.8) is 0 Å². The van der Waals surface area contributed by atoms with Crippen LogP contribution in [0.5, 0.6) is 5.75 Å². The first kappa shape index (κ1) is 16.0. The van der Waals surface area contributed by atoms with E-state index in [0.717, 1.165) is 22.4 Å². The Labute approximate surface area is 137 Å². The molecule has 0 aliphatic rings. The molecule has 4 nitrogen and oxygen atoms in total. The van der Waals surface area contributed by atoms with Crippen molar-refractivity contribution in [2.24, 2.45) is 0 Å². The molecule has 0 amide bonds. The number of hydrogen-bond acceptors (Lipinski definition) is 3. The van der Waals surface area contributed by atoms with Gasteiger partial charge < -0.3 is 4.74 Å². The zero-order valence-electron chi connectivity index (χ0n) is 11.9. The van der Waals surface area contributed by atoms with Crippen molar-refractivity contribution in [1.29, 1.82) is 0 Å². The lowest BCUT2D eigenvalue weighted by Gasteiger charge is -2.07. The molecule has 2 aromatic rings. The van der Waals surface area contributed by atoms with Gasteiger partial charge in [0.1, 0.15) is 12.4 Å². The molecule has 0 unspecified atom stereocenters. The third-order valence-corrected chi connectivity index (χ3v) is 4.28. The van der Waals surface area contributed by atoms with Crippen molar-refractivity contribution < 1.29 is 9.53 Å². The number of nitrogens with zero attached hydrogens (tertiary/aromatic N) is 2. The Balaban J connectivity index is 1.99. The number of halogens is 2. The summed E-state index contributed by atoms with van der Waals surface area (Å²) in [7, 11) is 0. The summed E-state index contributed by atoms with van der Waals surface area (Å²) in [6.45, 7) is 4.65. The minimum absolute atomic E-state index is 0.00900. The first-order valence-electron chi connectivity index (χ1n) is 6.63. The van der Waals surface area contributed by atoms with E-state index in [0.29, 0.717) is 10.8 Å². The second-order valence-electron chi connectivity index (χ2n) is 4.62. The number of aromatic nitrogens is 2. The third kappa shape index (κ3) is 4.08. The molecule has 0 spiro atoms. The first-order chi connectivity index (χ1) is 10.0. The molecule has 2 rings (SSSR count). The molecule has 1 heterocycles. The van der Waals surface area contributed by atoms with Gasteiger partial charge in [0.15, 0.2) is 5.78 Å². The molecule has 6 heteroatoms. The number of benzene rings is 1. The van der Waals surface area contributed by atoms with Gasteiger partial charge in [-0.2, -0.15) is 5.10 Å². The normalized spacial score (nSPS) is 10.7. The van der Waals surface area contributed by atoms with Crippen LogP contribution >= 0.6 is 27.5 Å². The number of ketones is 1. The lowest BCUT2D eigenvalue weighted by Crippen LogP contribution is -2.16. The second-order valence-corrected chi connectivity index (χ2v) is 5.85. The molecular formula is C15H16BrClN2O2. The van der Waals surface area contributed by atoms with Crippen LogP contribution in [0.3, 0.4) is 0 Å². The SMILES string of the molecule is CCn1nc(C)c(Br)c1CC(=O)COc1cccc(Cl)c1. The molecule has 0 N–H and O–H groups in total. The van der Waals surface area contributed by atoms with Gasteiger partial charge in [-0.1, -0.05) is 17.7 Å². The summed E-state index contributed by atoms with van der Waals surface area (Å²) in [5.74, 6) is 0.584. The summed E-state index contributed by atoms with van der Waals surface area (Å²) >= 11 is 9.35. The number of aryl methyl sites for hydroxylation is 2. The Bertz CT molecular complexity index is 655. The van der Waals surface area contributed by atoms with Crippen molar-refractivity contribution in [3.05, 3.63) is 45.1 Å². The molecular weight excluding hydrogens is 356 g/mol. The Hall–Kier alpha value is -1.33. The predicted molar refractivity (Wildman–Crippen MR) is 86.0 cm³/mol. The molecule has 0 atom stereocenters. The fourth-order valence-corrected chi connectivity index (χ4v) is 2.60. The summed E-state index contributed by atoms with van der Waals surface area (Å²) in [5, 5.41) is 4.96. The zero-order chi connectivity index (χ0) is 15.4. The molecule has 1 aromatic carbocycles. The first-order valence-corrected chi connectivity index (χ1v) is 7.80. The molecule has 0 fully saturated rings. The summed E-state index contributed by atoms with van der Waals surface area (Å²) in [6, 6.07) is 7.00. The Morgan fingerprint density at radius 1 is 1.48 bits per heavy atom. The summed E-state index contributed by atoms with van der Waals surface area (Å²) in [4.78, 5) is 12.1. The van der Waals surface area contributed by atoms with Crippen LogP contribution in [0, 0.1) is 6.92 Å². The van der Waals surface area contributed by atoms with Gasteiger partial charge in [0.25, 0.3) is 0 Å². The van der Waals surface area contributed by atoms with E-state index >= 15 is 0 Å². The van der Waals surface area contributed by atoms with Gasteiger partial charge in [-0.3, -0.25) is 9.48 Å². The van der Waals surface area contributed by atoms with Crippen molar-refractivity contribution in [2.75, 3.05) is 6.61 Å². The second kappa shape index (κ2) is 7.09. The van der Waals surface area contributed by atoms with Crippen molar-refractivity contribution in [1.82, 2.24) is 9.78 Å². The molecule has 0 saturated carbocycles. The van der Waals surface area contributed by atoms with E-state index in [-0.39, 0.29) is 18.8 Å². The largest absolute Gasteiger partial charge is 0.486 e. The fraction of sp³-hybridized carbons (Fsp3) is 0.333.